The predicted molar refractivity (Wildman–Crippen MR) is 97.2 cm³/mol. The van der Waals surface area contributed by atoms with Crippen molar-refractivity contribution in [1.82, 2.24) is 10.6 Å². The third kappa shape index (κ3) is 5.52. The Morgan fingerprint density at radius 1 is 1.17 bits per heavy atom. The van der Waals surface area contributed by atoms with Gasteiger partial charge in [0.1, 0.15) is 6.04 Å². The van der Waals surface area contributed by atoms with Crippen LogP contribution in [-0.4, -0.2) is 23.9 Å². The highest BCUT2D eigenvalue weighted by molar-refractivity contribution is 5.95. The van der Waals surface area contributed by atoms with E-state index in [0.29, 0.717) is 5.92 Å². The molecule has 2 rings (SSSR count). The van der Waals surface area contributed by atoms with Crippen molar-refractivity contribution in [3.8, 4) is 0 Å². The first kappa shape index (κ1) is 18.2. The molecular weight excluding hydrogens is 300 g/mol. The Bertz CT molecular complexity index is 583. The quantitative estimate of drug-likeness (QED) is 0.816. The van der Waals surface area contributed by atoms with Crippen LogP contribution in [0.15, 0.2) is 36.4 Å². The summed E-state index contributed by atoms with van der Waals surface area (Å²) in [5.74, 6) is 0.849. The smallest absolute Gasteiger partial charge is 0.244 e. The van der Waals surface area contributed by atoms with Gasteiger partial charge in [-0.2, -0.15) is 0 Å². The Hall–Kier alpha value is -2.10. The molecule has 4 nitrogen and oxygen atoms in total. The highest BCUT2D eigenvalue weighted by Gasteiger charge is 2.27. The summed E-state index contributed by atoms with van der Waals surface area (Å²) < 4.78 is 0. The first-order valence-corrected chi connectivity index (χ1v) is 8.79. The van der Waals surface area contributed by atoms with Gasteiger partial charge in [-0.3, -0.25) is 9.59 Å². The van der Waals surface area contributed by atoms with Crippen LogP contribution in [0.3, 0.4) is 0 Å². The van der Waals surface area contributed by atoms with E-state index in [-0.39, 0.29) is 17.9 Å². The molecular formula is C20H28N2O2. The van der Waals surface area contributed by atoms with Crippen molar-refractivity contribution in [3.63, 3.8) is 0 Å². The van der Waals surface area contributed by atoms with Crippen LogP contribution >= 0.6 is 0 Å². The topological polar surface area (TPSA) is 58.2 Å². The molecule has 0 bridgehead atoms. The Morgan fingerprint density at radius 2 is 1.88 bits per heavy atom. The number of hydrogen-bond donors (Lipinski definition) is 2. The number of carbonyl (C=O) groups is 2. The Kier molecular flexibility index (Phi) is 6.59. The first-order chi connectivity index (χ1) is 11.5. The molecule has 1 saturated carbocycles. The molecule has 0 aliphatic heterocycles. The number of nitrogens with one attached hydrogen (secondary N) is 2. The summed E-state index contributed by atoms with van der Waals surface area (Å²) in [6, 6.07) is 9.28. The molecule has 0 saturated heterocycles. The van der Waals surface area contributed by atoms with Crippen LogP contribution in [0.25, 0.3) is 6.08 Å². The van der Waals surface area contributed by atoms with Gasteiger partial charge in [-0.15, -0.1) is 0 Å². The molecule has 0 aromatic heterocycles. The maximum Gasteiger partial charge on any atom is 0.244 e. The lowest BCUT2D eigenvalue weighted by Crippen LogP contribution is -2.50. The maximum absolute atomic E-state index is 12.3. The standard InChI is InChI=1S/C20H28N2O2/c1-14-9-11-18(15(2)13-14)22-20(24)16(3)21-19(23)12-10-17-7-5-4-6-8-17/h4-8,10,12,14-16,18H,9,11,13H2,1-3H3,(H,21,23)(H,22,24)/b12-10+. The summed E-state index contributed by atoms with van der Waals surface area (Å²) in [5, 5.41) is 5.82. The van der Waals surface area contributed by atoms with Crippen molar-refractivity contribution < 1.29 is 9.59 Å². The van der Waals surface area contributed by atoms with Crippen LogP contribution in [0.4, 0.5) is 0 Å². The van der Waals surface area contributed by atoms with Crippen molar-refractivity contribution in [2.45, 2.75) is 52.1 Å². The molecule has 2 N–H and O–H groups in total. The first-order valence-electron chi connectivity index (χ1n) is 8.79. The van der Waals surface area contributed by atoms with Gasteiger partial charge in [0, 0.05) is 12.1 Å². The van der Waals surface area contributed by atoms with Crippen LogP contribution in [0.5, 0.6) is 0 Å². The SMILES string of the molecule is CC1CCC(NC(=O)C(C)NC(=O)/C=C/c2ccccc2)C(C)C1. The third-order valence-corrected chi connectivity index (χ3v) is 4.74. The molecule has 0 radical (unpaired) electrons. The van der Waals surface area contributed by atoms with Crippen LogP contribution in [0.1, 0.15) is 45.6 Å². The lowest BCUT2D eigenvalue weighted by Gasteiger charge is -2.33. The highest BCUT2D eigenvalue weighted by atomic mass is 16.2. The lowest BCUT2D eigenvalue weighted by atomic mass is 9.80. The second-order valence-electron chi connectivity index (χ2n) is 6.98. The molecule has 1 aliphatic rings. The number of carbonyl (C=O) groups excluding carboxylic acids is 2. The zero-order chi connectivity index (χ0) is 17.5. The molecule has 1 fully saturated rings. The fourth-order valence-electron chi connectivity index (χ4n) is 3.25. The minimum Gasteiger partial charge on any atom is -0.351 e. The molecule has 4 unspecified atom stereocenters. The number of rotatable bonds is 5. The molecule has 0 spiro atoms. The van der Waals surface area contributed by atoms with Gasteiger partial charge in [0.05, 0.1) is 0 Å². The summed E-state index contributed by atoms with van der Waals surface area (Å²) in [6.07, 6.45) is 6.51. The fraction of sp³-hybridized carbons (Fsp3) is 0.500. The van der Waals surface area contributed by atoms with E-state index in [4.69, 9.17) is 0 Å². The number of hydrogen-bond acceptors (Lipinski definition) is 2. The minimum absolute atomic E-state index is 0.108. The molecule has 0 heterocycles. The molecule has 4 heteroatoms. The van der Waals surface area contributed by atoms with Gasteiger partial charge in [0.25, 0.3) is 0 Å². The molecule has 1 aliphatic carbocycles. The highest BCUT2D eigenvalue weighted by Crippen LogP contribution is 2.28. The van der Waals surface area contributed by atoms with Crippen molar-refractivity contribution in [2.75, 3.05) is 0 Å². The van der Waals surface area contributed by atoms with Gasteiger partial charge in [0.15, 0.2) is 0 Å². The average molecular weight is 328 g/mol. The van der Waals surface area contributed by atoms with Crippen LogP contribution < -0.4 is 10.6 Å². The summed E-state index contributed by atoms with van der Waals surface area (Å²) >= 11 is 0. The molecule has 4 atom stereocenters. The number of amides is 2. The minimum atomic E-state index is -0.538. The van der Waals surface area contributed by atoms with E-state index in [2.05, 4.69) is 24.5 Å². The Balaban J connectivity index is 1.80. The van der Waals surface area contributed by atoms with E-state index in [0.717, 1.165) is 30.7 Å². The van der Waals surface area contributed by atoms with Crippen LogP contribution in [0, 0.1) is 11.8 Å². The van der Waals surface area contributed by atoms with E-state index in [9.17, 15) is 9.59 Å². The molecule has 1 aromatic rings. The molecule has 24 heavy (non-hydrogen) atoms. The Morgan fingerprint density at radius 3 is 2.54 bits per heavy atom. The predicted octanol–water partition coefficient (Wildman–Crippen LogP) is 3.15. The van der Waals surface area contributed by atoms with E-state index in [1.807, 2.05) is 30.3 Å². The van der Waals surface area contributed by atoms with Crippen molar-refractivity contribution in [1.29, 1.82) is 0 Å². The zero-order valence-electron chi connectivity index (χ0n) is 14.8. The second-order valence-corrected chi connectivity index (χ2v) is 6.98. The van der Waals surface area contributed by atoms with E-state index < -0.39 is 6.04 Å². The van der Waals surface area contributed by atoms with Crippen molar-refractivity contribution in [2.24, 2.45) is 11.8 Å². The van der Waals surface area contributed by atoms with Crippen molar-refractivity contribution >= 4 is 17.9 Å². The third-order valence-electron chi connectivity index (χ3n) is 4.74. The van der Waals surface area contributed by atoms with Crippen LogP contribution in [0.2, 0.25) is 0 Å². The summed E-state index contributed by atoms with van der Waals surface area (Å²) in [6.45, 7) is 6.17. The summed E-state index contributed by atoms with van der Waals surface area (Å²) in [4.78, 5) is 24.3. The van der Waals surface area contributed by atoms with Gasteiger partial charge in [-0.1, -0.05) is 44.2 Å². The average Bonchev–Trinajstić information content (AvgIpc) is 2.56. The van der Waals surface area contributed by atoms with Gasteiger partial charge >= 0.3 is 0 Å². The lowest BCUT2D eigenvalue weighted by molar-refractivity contribution is -0.127. The van der Waals surface area contributed by atoms with Gasteiger partial charge < -0.3 is 10.6 Å². The molecule has 130 valence electrons. The maximum atomic E-state index is 12.3. The Labute approximate surface area is 144 Å². The van der Waals surface area contributed by atoms with Gasteiger partial charge in [-0.05, 0) is 49.7 Å². The van der Waals surface area contributed by atoms with Gasteiger partial charge in [-0.25, -0.2) is 0 Å². The van der Waals surface area contributed by atoms with Crippen LogP contribution in [-0.2, 0) is 9.59 Å². The monoisotopic (exact) mass is 328 g/mol. The number of benzene rings is 1. The summed E-state index contributed by atoms with van der Waals surface area (Å²) in [7, 11) is 0. The zero-order valence-corrected chi connectivity index (χ0v) is 14.8. The fourth-order valence-corrected chi connectivity index (χ4v) is 3.25. The van der Waals surface area contributed by atoms with E-state index in [1.54, 1.807) is 13.0 Å². The largest absolute Gasteiger partial charge is 0.351 e. The van der Waals surface area contributed by atoms with E-state index in [1.165, 1.54) is 6.08 Å². The molecule has 1 aromatic carbocycles. The van der Waals surface area contributed by atoms with Crippen molar-refractivity contribution in [3.05, 3.63) is 42.0 Å². The van der Waals surface area contributed by atoms with Gasteiger partial charge in [0.2, 0.25) is 11.8 Å². The summed E-state index contributed by atoms with van der Waals surface area (Å²) in [5.41, 5.74) is 0.954. The second kappa shape index (κ2) is 8.67. The molecule has 2 amide bonds. The van der Waals surface area contributed by atoms with E-state index >= 15 is 0 Å². The normalized spacial score (nSPS) is 25.2.